The van der Waals surface area contributed by atoms with Crippen LogP contribution < -0.4 is 10.1 Å². The van der Waals surface area contributed by atoms with E-state index < -0.39 is 6.04 Å². The molecule has 3 aromatic rings. The first kappa shape index (κ1) is 27.0. The number of rotatable bonds is 7. The summed E-state index contributed by atoms with van der Waals surface area (Å²) in [6.07, 6.45) is 4.21. The molecular formula is C32H37N3O4. The molecule has 1 N–H and O–H groups in total. The highest BCUT2D eigenvalue weighted by molar-refractivity contribution is 6.00. The summed E-state index contributed by atoms with van der Waals surface area (Å²) in [5, 5.41) is 5.30. The molecule has 1 saturated heterocycles. The highest BCUT2D eigenvalue weighted by Crippen LogP contribution is 2.49. The van der Waals surface area contributed by atoms with Crippen LogP contribution in [0.4, 0.5) is 0 Å². The number of carbonyl (C=O) groups is 3. The zero-order chi connectivity index (χ0) is 27.4. The second kappa shape index (κ2) is 11.7. The lowest BCUT2D eigenvalue weighted by Crippen LogP contribution is -2.43. The second-order valence-corrected chi connectivity index (χ2v) is 10.9. The van der Waals surface area contributed by atoms with Crippen molar-refractivity contribution >= 4 is 29.3 Å². The van der Waals surface area contributed by atoms with Crippen LogP contribution in [0.3, 0.4) is 0 Å². The van der Waals surface area contributed by atoms with Gasteiger partial charge in [-0.1, -0.05) is 42.5 Å². The third-order valence-electron chi connectivity index (χ3n) is 8.32. The average molecular weight is 528 g/mol. The van der Waals surface area contributed by atoms with Gasteiger partial charge in [-0.15, -0.1) is 0 Å². The number of ether oxygens (including phenoxy) is 1. The van der Waals surface area contributed by atoms with E-state index in [0.717, 1.165) is 56.4 Å². The summed E-state index contributed by atoms with van der Waals surface area (Å²) < 4.78 is 6.29. The second-order valence-electron chi connectivity index (χ2n) is 10.9. The van der Waals surface area contributed by atoms with Gasteiger partial charge in [-0.05, 0) is 74.9 Å². The van der Waals surface area contributed by atoms with E-state index in [1.807, 2.05) is 20.2 Å². The molecule has 0 saturated carbocycles. The number of hydrogen-bond acceptors (Lipinski definition) is 6. The third kappa shape index (κ3) is 5.21. The van der Waals surface area contributed by atoms with Gasteiger partial charge in [0.2, 0.25) is 0 Å². The van der Waals surface area contributed by atoms with Crippen LogP contribution in [0.5, 0.6) is 5.75 Å². The van der Waals surface area contributed by atoms with Gasteiger partial charge < -0.3 is 24.5 Å². The fraction of sp³-hybridized carbons (Fsp3) is 0.406. The van der Waals surface area contributed by atoms with Crippen LogP contribution in [0.2, 0.25) is 0 Å². The molecule has 6 rings (SSSR count). The molecule has 3 aliphatic heterocycles. The van der Waals surface area contributed by atoms with E-state index in [1.165, 1.54) is 21.9 Å². The van der Waals surface area contributed by atoms with E-state index in [-0.39, 0.29) is 17.7 Å². The zero-order valence-corrected chi connectivity index (χ0v) is 22.8. The molecule has 0 aliphatic carbocycles. The molecule has 1 amide bonds. The summed E-state index contributed by atoms with van der Waals surface area (Å²) in [7, 11) is 3.75. The average Bonchev–Trinajstić information content (AvgIpc) is 3.49. The minimum Gasteiger partial charge on any atom is -0.492 e. The highest BCUT2D eigenvalue weighted by atomic mass is 16.5. The summed E-state index contributed by atoms with van der Waals surface area (Å²) in [5.41, 5.74) is 4.03. The molecule has 1 unspecified atom stereocenters. The molecule has 7 nitrogen and oxygen atoms in total. The van der Waals surface area contributed by atoms with E-state index >= 15 is 0 Å². The first-order valence-corrected chi connectivity index (χ1v) is 13.8. The number of nitrogens with one attached hydrogen (secondary N) is 1. The molecule has 3 aromatic carbocycles. The summed E-state index contributed by atoms with van der Waals surface area (Å²) in [6.45, 7) is 3.94. The van der Waals surface area contributed by atoms with Gasteiger partial charge >= 0.3 is 0 Å². The molecule has 3 aliphatic rings. The Balaban J connectivity index is 0.000000983. The van der Waals surface area contributed by atoms with Gasteiger partial charge in [0.15, 0.2) is 0 Å². The molecule has 39 heavy (non-hydrogen) atoms. The largest absolute Gasteiger partial charge is 0.492 e. The normalized spacial score (nSPS) is 18.2. The van der Waals surface area contributed by atoms with Crippen molar-refractivity contribution in [3.05, 3.63) is 76.9 Å². The van der Waals surface area contributed by atoms with Gasteiger partial charge in [-0.2, -0.15) is 0 Å². The Bertz CT molecular complexity index is 1360. The van der Waals surface area contributed by atoms with Crippen LogP contribution in [0, 0.1) is 0 Å². The molecule has 1 atom stereocenters. The summed E-state index contributed by atoms with van der Waals surface area (Å²) >= 11 is 0. The predicted molar refractivity (Wildman–Crippen MR) is 152 cm³/mol. The van der Waals surface area contributed by atoms with Crippen molar-refractivity contribution in [3.8, 4) is 5.75 Å². The molecule has 1 spiro atoms. The maximum Gasteiger partial charge on any atom is 0.255 e. The van der Waals surface area contributed by atoms with Gasteiger partial charge in [0.1, 0.15) is 18.3 Å². The number of benzene rings is 3. The van der Waals surface area contributed by atoms with E-state index in [2.05, 4.69) is 58.7 Å². The van der Waals surface area contributed by atoms with Crippen LogP contribution in [-0.2, 0) is 28.1 Å². The van der Waals surface area contributed by atoms with Crippen LogP contribution in [-0.4, -0.2) is 68.1 Å². The third-order valence-corrected chi connectivity index (χ3v) is 8.32. The van der Waals surface area contributed by atoms with Crippen LogP contribution in [0.25, 0.3) is 10.8 Å². The monoisotopic (exact) mass is 527 g/mol. The van der Waals surface area contributed by atoms with Gasteiger partial charge in [0.05, 0.1) is 19.2 Å². The standard InChI is InChI=1S/C30H30N2O4.C2H7N/c33-15-3-6-24(19-34)32-18-26-25(29(32)35)9-10-27-28(26)36-20-30(27)11-13-31(14-12-30)17-21-7-8-22-4-1-2-5-23(22)16-21;1-3-2/h1-2,4-5,7-10,15-16,19,24H,3,6,11-14,17-18,20H2;3H,1-2H3. The minimum atomic E-state index is -0.584. The fourth-order valence-corrected chi connectivity index (χ4v) is 6.20. The molecule has 7 heteroatoms. The maximum atomic E-state index is 13.0. The minimum absolute atomic E-state index is 0.0255. The van der Waals surface area contributed by atoms with Gasteiger partial charge in [-0.3, -0.25) is 9.69 Å². The molecule has 3 heterocycles. The van der Waals surface area contributed by atoms with E-state index in [0.29, 0.717) is 25.1 Å². The Labute approximate surface area is 230 Å². The lowest BCUT2D eigenvalue weighted by Gasteiger charge is -2.38. The van der Waals surface area contributed by atoms with E-state index in [1.54, 1.807) is 4.90 Å². The molecule has 0 aromatic heterocycles. The summed E-state index contributed by atoms with van der Waals surface area (Å²) in [6, 6.07) is 18.6. The molecule has 1 fully saturated rings. The van der Waals surface area contributed by atoms with Crippen molar-refractivity contribution in [1.29, 1.82) is 0 Å². The Hall–Kier alpha value is -3.55. The number of fused-ring (bicyclic) bond motifs is 5. The molecule has 0 bridgehead atoms. The lowest BCUT2D eigenvalue weighted by molar-refractivity contribution is -0.112. The van der Waals surface area contributed by atoms with E-state index in [4.69, 9.17) is 4.74 Å². The van der Waals surface area contributed by atoms with Crippen LogP contribution >= 0.6 is 0 Å². The number of carbonyl (C=O) groups excluding carboxylic acids is 3. The Kier molecular flexibility index (Phi) is 8.10. The number of piperidine rings is 1. The van der Waals surface area contributed by atoms with Crippen molar-refractivity contribution in [3.63, 3.8) is 0 Å². The smallest absolute Gasteiger partial charge is 0.255 e. The number of hydrogen-bond donors (Lipinski definition) is 1. The number of aldehydes is 2. The van der Waals surface area contributed by atoms with Crippen LogP contribution in [0.1, 0.15) is 52.7 Å². The van der Waals surface area contributed by atoms with Crippen LogP contribution in [0.15, 0.2) is 54.6 Å². The first-order chi connectivity index (χ1) is 19.0. The molecular weight excluding hydrogens is 490 g/mol. The summed E-state index contributed by atoms with van der Waals surface area (Å²) in [4.78, 5) is 39.6. The first-order valence-electron chi connectivity index (χ1n) is 13.8. The fourth-order valence-electron chi connectivity index (χ4n) is 6.20. The lowest BCUT2D eigenvalue weighted by atomic mass is 9.74. The van der Waals surface area contributed by atoms with Crippen molar-refractivity contribution in [1.82, 2.24) is 15.1 Å². The van der Waals surface area contributed by atoms with Crippen molar-refractivity contribution < 1.29 is 19.1 Å². The van der Waals surface area contributed by atoms with Gasteiger partial charge in [0, 0.05) is 35.1 Å². The number of likely N-dealkylation sites (tertiary alicyclic amines) is 1. The van der Waals surface area contributed by atoms with Crippen molar-refractivity contribution in [2.24, 2.45) is 0 Å². The maximum absolute atomic E-state index is 13.0. The van der Waals surface area contributed by atoms with Crippen molar-refractivity contribution in [2.75, 3.05) is 33.8 Å². The predicted octanol–water partition coefficient (Wildman–Crippen LogP) is 4.10. The van der Waals surface area contributed by atoms with E-state index in [9.17, 15) is 14.4 Å². The number of nitrogens with zero attached hydrogens (tertiary/aromatic N) is 2. The van der Waals surface area contributed by atoms with Gasteiger partial charge in [-0.25, -0.2) is 0 Å². The SMILES string of the molecule is CNC.O=CCCC(C=O)N1Cc2c(ccc3c2OCC32CCN(Cc3ccc4ccccc4c3)CC2)C1=O. The molecule has 0 radical (unpaired) electrons. The zero-order valence-electron chi connectivity index (χ0n) is 22.8. The molecule has 204 valence electrons. The van der Waals surface area contributed by atoms with Crippen molar-refractivity contribution in [2.45, 2.75) is 50.2 Å². The number of amides is 1. The summed E-state index contributed by atoms with van der Waals surface area (Å²) in [5.74, 6) is 0.692. The topological polar surface area (TPSA) is 79.0 Å². The Morgan fingerprint density at radius 2 is 1.77 bits per heavy atom. The Morgan fingerprint density at radius 3 is 2.49 bits per heavy atom. The highest BCUT2D eigenvalue weighted by Gasteiger charge is 2.46. The quantitative estimate of drug-likeness (QED) is 0.466. The Morgan fingerprint density at radius 1 is 1.03 bits per heavy atom. The van der Waals surface area contributed by atoms with Gasteiger partial charge in [0.25, 0.3) is 5.91 Å².